The predicted octanol–water partition coefficient (Wildman–Crippen LogP) is 5.59. The summed E-state index contributed by atoms with van der Waals surface area (Å²) >= 11 is 0. The minimum atomic E-state index is -0.812. The number of piperazine rings is 1. The van der Waals surface area contributed by atoms with E-state index in [1.54, 1.807) is 29.3 Å². The van der Waals surface area contributed by atoms with Gasteiger partial charge >= 0.3 is 6.09 Å². The van der Waals surface area contributed by atoms with Crippen LogP contribution >= 0.6 is 0 Å². The Hall–Kier alpha value is -6.77. The van der Waals surface area contributed by atoms with Crippen molar-refractivity contribution in [1.29, 1.82) is 0 Å². The number of nitrogens with one attached hydrogen (secondary N) is 1. The molecule has 4 atom stereocenters. The number of carbonyl (C=O) groups is 3. The molecule has 5 aliphatic rings. The fourth-order valence-electron chi connectivity index (χ4n) is 11.5. The predicted molar refractivity (Wildman–Crippen MR) is 282 cm³/mol. The summed E-state index contributed by atoms with van der Waals surface area (Å²) in [6.07, 6.45) is 6.42. The number of aromatic hydroxyl groups is 1. The molecule has 1 saturated carbocycles. The van der Waals surface area contributed by atoms with Gasteiger partial charge in [0.2, 0.25) is 11.8 Å². The third-order valence-electron chi connectivity index (χ3n) is 16.1. The van der Waals surface area contributed by atoms with E-state index in [0.29, 0.717) is 67.8 Å². The number of anilines is 3. The fourth-order valence-corrected chi connectivity index (χ4v) is 11.5. The van der Waals surface area contributed by atoms with Crippen molar-refractivity contribution in [1.82, 2.24) is 45.2 Å². The Morgan fingerprint density at radius 2 is 1.57 bits per heavy atom. The largest absolute Gasteiger partial charge is 0.507 e. The lowest BCUT2D eigenvalue weighted by atomic mass is 9.91. The summed E-state index contributed by atoms with van der Waals surface area (Å²) in [4.78, 5) is 51.4. The zero-order valence-electron chi connectivity index (χ0n) is 43.5. The summed E-state index contributed by atoms with van der Waals surface area (Å²) in [7, 11) is 1.90. The molecule has 4 saturated heterocycles. The van der Waals surface area contributed by atoms with Gasteiger partial charge in [0.15, 0.2) is 17.4 Å². The van der Waals surface area contributed by atoms with Crippen molar-refractivity contribution >= 4 is 35.2 Å². The lowest BCUT2D eigenvalue weighted by molar-refractivity contribution is -0.141. The number of para-hydroxylation sites is 1. The zero-order valence-corrected chi connectivity index (χ0v) is 43.5. The van der Waals surface area contributed by atoms with E-state index in [1.165, 1.54) is 4.90 Å². The topological polar surface area (TPSA) is 234 Å². The molecule has 3 amide bonds. The number of hydrogen-bond acceptors (Lipinski definition) is 16. The fraction of sp³-hybridized carbons (Fsp3) is 0.545. The standard InChI is InChI=1S/C55H72N12O8/c1-34(2)51(54(71)67-33-39(68)27-47(67)53(70)58-35(3)37-9-11-38(12-10-37)45-13-18-57-62(45)4)49-31-50(61-75-49)65-21-14-36(15-22-65)32-63-19-16-40(17-20-63)73-41-28-42(29-41)74-55(72)66-25-23-64(24-26-66)46-30-44(59-60-52(46)56)43-7-5-6-8-48(43)69/h5-13,18,30-31,34-36,39-42,47,51,68-69H,14-17,19-29,32-33H2,1-4H3,(H2,56,60)(H,58,70)/t35-,39+,41?,42?,47-,51-/m0/s1. The van der Waals surface area contributed by atoms with Crippen LogP contribution in [0.2, 0.25) is 0 Å². The number of benzene rings is 2. The molecule has 5 aromatic rings. The zero-order chi connectivity index (χ0) is 52.3. The molecular weight excluding hydrogens is 957 g/mol. The van der Waals surface area contributed by atoms with E-state index >= 15 is 0 Å². The number of amides is 3. The molecule has 75 heavy (non-hydrogen) atoms. The summed E-state index contributed by atoms with van der Waals surface area (Å²) in [5.41, 5.74) is 11.0. The number of aromatic nitrogens is 5. The Bertz CT molecular complexity index is 2760. The van der Waals surface area contributed by atoms with E-state index in [2.05, 4.69) is 40.5 Å². The number of aliphatic hydroxyl groups excluding tert-OH is 1. The molecule has 0 spiro atoms. The highest BCUT2D eigenvalue weighted by Crippen LogP contribution is 2.36. The normalized spacial score (nSPS) is 22.8. The molecular formula is C55H72N12O8. The first-order chi connectivity index (χ1) is 36.2. The van der Waals surface area contributed by atoms with Gasteiger partial charge in [0.25, 0.3) is 0 Å². The Labute approximate surface area is 438 Å². The Balaban J connectivity index is 0.624. The van der Waals surface area contributed by atoms with Gasteiger partial charge in [-0.3, -0.25) is 14.3 Å². The van der Waals surface area contributed by atoms with E-state index in [4.69, 9.17) is 19.7 Å². The summed E-state index contributed by atoms with van der Waals surface area (Å²) in [6.45, 7) is 12.8. The highest BCUT2D eigenvalue weighted by atomic mass is 16.6. The van der Waals surface area contributed by atoms with Crippen molar-refractivity contribution in [2.45, 2.75) is 108 Å². The average Bonchev–Trinajstić information content (AvgIpc) is 4.17. The molecule has 20 nitrogen and oxygen atoms in total. The minimum absolute atomic E-state index is 0.0739. The number of phenolic OH excluding ortho intramolecular Hbond substituents is 1. The highest BCUT2D eigenvalue weighted by molar-refractivity contribution is 5.91. The van der Waals surface area contributed by atoms with Crippen LogP contribution in [-0.2, 0) is 26.1 Å². The molecule has 4 aliphatic heterocycles. The number of hydrogen-bond donors (Lipinski definition) is 4. The third-order valence-corrected chi connectivity index (χ3v) is 16.1. The average molecular weight is 1030 g/mol. The smallest absolute Gasteiger partial charge is 0.410 e. The number of ether oxygens (including phenoxy) is 2. The number of carbonyl (C=O) groups excluding carboxylic acids is 3. The monoisotopic (exact) mass is 1030 g/mol. The molecule has 3 aromatic heterocycles. The maximum atomic E-state index is 14.4. The van der Waals surface area contributed by atoms with Crippen LogP contribution < -0.4 is 20.9 Å². The molecule has 0 radical (unpaired) electrons. The van der Waals surface area contributed by atoms with Crippen molar-refractivity contribution in [3.63, 3.8) is 0 Å². The molecule has 0 bridgehead atoms. The number of nitrogens with zero attached hydrogens (tertiary/aromatic N) is 10. The molecule has 2 aromatic carbocycles. The van der Waals surface area contributed by atoms with Crippen molar-refractivity contribution in [2.24, 2.45) is 18.9 Å². The number of aliphatic hydroxyl groups is 1. The van der Waals surface area contributed by atoms with E-state index in [0.717, 1.165) is 86.7 Å². The molecule has 0 unspecified atom stereocenters. The van der Waals surface area contributed by atoms with Gasteiger partial charge in [0, 0.05) is 110 Å². The van der Waals surface area contributed by atoms with Gasteiger partial charge in [0.1, 0.15) is 23.8 Å². The third kappa shape index (κ3) is 11.7. The van der Waals surface area contributed by atoms with Crippen molar-refractivity contribution in [3.8, 4) is 28.3 Å². The van der Waals surface area contributed by atoms with Crippen LogP contribution in [0.3, 0.4) is 0 Å². The number of nitrogen functional groups attached to an aromatic ring is 1. The van der Waals surface area contributed by atoms with Gasteiger partial charge in [-0.05, 0) is 79.8 Å². The van der Waals surface area contributed by atoms with E-state index in [-0.39, 0.29) is 66.9 Å². The number of piperidine rings is 2. The van der Waals surface area contributed by atoms with Crippen LogP contribution in [0, 0.1) is 11.8 Å². The minimum Gasteiger partial charge on any atom is -0.507 e. The van der Waals surface area contributed by atoms with Gasteiger partial charge in [0.05, 0.1) is 41.4 Å². The molecule has 1 aliphatic carbocycles. The summed E-state index contributed by atoms with van der Waals surface area (Å²) in [6, 6.07) is 19.5. The van der Waals surface area contributed by atoms with Crippen LogP contribution in [-0.4, -0.2) is 164 Å². The second-order valence-corrected chi connectivity index (χ2v) is 21.6. The van der Waals surface area contributed by atoms with E-state index in [9.17, 15) is 24.6 Å². The first-order valence-electron chi connectivity index (χ1n) is 26.8. The van der Waals surface area contributed by atoms with Crippen LogP contribution in [0.5, 0.6) is 5.75 Å². The number of likely N-dealkylation sites (tertiary alicyclic amines) is 2. The SMILES string of the molecule is CC(C)[C@H](C(=O)N1C[C@H](O)C[C@H]1C(=O)N[C@@H](C)c1ccc(-c2ccnn2C)cc1)c1cc(N2CCC(CN3CCC(OC4CC(OC(=O)N5CCN(c6cc(-c7ccccc7O)nnc6N)CC5)C4)CC3)CC2)no1. The Kier molecular flexibility index (Phi) is 15.6. The second-order valence-electron chi connectivity index (χ2n) is 21.6. The quantitative estimate of drug-likeness (QED) is 0.100. The second kappa shape index (κ2) is 22.6. The Morgan fingerprint density at radius 3 is 2.27 bits per heavy atom. The lowest BCUT2D eigenvalue weighted by Crippen LogP contribution is -2.51. The van der Waals surface area contributed by atoms with Gasteiger partial charge in [-0.2, -0.15) is 5.10 Å². The molecule has 7 heterocycles. The van der Waals surface area contributed by atoms with Crippen molar-refractivity contribution < 1.29 is 38.6 Å². The molecule has 10 rings (SSSR count). The van der Waals surface area contributed by atoms with Crippen LogP contribution in [0.4, 0.5) is 22.1 Å². The molecule has 400 valence electrons. The van der Waals surface area contributed by atoms with Gasteiger partial charge < -0.3 is 59.8 Å². The molecule has 5 N–H and O–H groups in total. The maximum absolute atomic E-state index is 14.4. The van der Waals surface area contributed by atoms with Gasteiger partial charge in [-0.15, -0.1) is 10.2 Å². The van der Waals surface area contributed by atoms with Crippen LogP contribution in [0.25, 0.3) is 22.5 Å². The summed E-state index contributed by atoms with van der Waals surface area (Å²) in [5, 5.41) is 41.2. The van der Waals surface area contributed by atoms with E-state index < -0.39 is 18.1 Å². The number of rotatable bonds is 15. The number of aryl methyl sites for hydroxylation is 1. The van der Waals surface area contributed by atoms with Crippen LogP contribution in [0.1, 0.15) is 89.0 Å². The molecule has 5 fully saturated rings. The summed E-state index contributed by atoms with van der Waals surface area (Å²) in [5.74, 6) is 0.820. The maximum Gasteiger partial charge on any atom is 0.410 e. The lowest BCUT2D eigenvalue weighted by Gasteiger charge is -2.41. The molecule has 20 heteroatoms. The van der Waals surface area contributed by atoms with Crippen molar-refractivity contribution in [3.05, 3.63) is 84.3 Å². The van der Waals surface area contributed by atoms with Crippen LogP contribution in [0.15, 0.2) is 77.4 Å². The van der Waals surface area contributed by atoms with Gasteiger partial charge in [-0.25, -0.2) is 4.79 Å². The van der Waals surface area contributed by atoms with E-state index in [1.807, 2.05) is 81.0 Å². The number of β-amino-alcohol motifs (C(OH)–C–C–N with tert-alkyl or cyclic N) is 1. The van der Waals surface area contributed by atoms with Gasteiger partial charge in [-0.1, -0.05) is 55.4 Å². The summed E-state index contributed by atoms with van der Waals surface area (Å²) < 4.78 is 20.1. The number of phenols is 1. The first kappa shape index (κ1) is 51.7. The van der Waals surface area contributed by atoms with Crippen molar-refractivity contribution in [2.75, 3.05) is 81.0 Å². The highest BCUT2D eigenvalue weighted by Gasteiger charge is 2.44. The Morgan fingerprint density at radius 1 is 0.840 bits per heavy atom. The number of nitrogens with two attached hydrogens (primary N) is 1. The first-order valence-corrected chi connectivity index (χ1v) is 26.8.